The zero-order valence-corrected chi connectivity index (χ0v) is 18.1. The summed E-state index contributed by atoms with van der Waals surface area (Å²) in [6, 6.07) is 19.6. The summed E-state index contributed by atoms with van der Waals surface area (Å²) in [7, 11) is 3.24. The molecule has 1 aromatic heterocycles. The monoisotopic (exact) mass is 443 g/mol. The van der Waals surface area contributed by atoms with Gasteiger partial charge < -0.3 is 10.1 Å². The van der Waals surface area contributed by atoms with Crippen LogP contribution in [0.5, 0.6) is 11.5 Å². The highest BCUT2D eigenvalue weighted by Gasteiger charge is 2.35. The van der Waals surface area contributed by atoms with Gasteiger partial charge >= 0.3 is 6.03 Å². The minimum absolute atomic E-state index is 0.256. The van der Waals surface area contributed by atoms with E-state index in [2.05, 4.69) is 26.3 Å². The van der Waals surface area contributed by atoms with Gasteiger partial charge in [0.15, 0.2) is 0 Å². The molecule has 3 aromatic rings. The van der Waals surface area contributed by atoms with Crippen LogP contribution in [0.2, 0.25) is 0 Å². The second-order valence-electron chi connectivity index (χ2n) is 7.33. The van der Waals surface area contributed by atoms with E-state index in [4.69, 9.17) is 4.74 Å². The van der Waals surface area contributed by atoms with Crippen LogP contribution in [-0.4, -0.2) is 41.3 Å². The molecular weight excluding hydrogens is 420 g/mol. The van der Waals surface area contributed by atoms with Crippen molar-refractivity contribution in [1.82, 2.24) is 15.7 Å². The van der Waals surface area contributed by atoms with Crippen molar-refractivity contribution >= 4 is 23.3 Å². The third-order valence-corrected chi connectivity index (χ3v) is 4.91. The summed E-state index contributed by atoms with van der Waals surface area (Å²) in [6.07, 6.45) is 5.06. The van der Waals surface area contributed by atoms with Gasteiger partial charge in [-0.1, -0.05) is 40.0 Å². The highest BCUT2D eigenvalue weighted by Crippen LogP contribution is 2.23. The number of allylic oxidation sites excluding steroid dienone is 1. The Labute approximate surface area is 191 Å². The summed E-state index contributed by atoms with van der Waals surface area (Å²) in [5.41, 5.74) is 8.19. The smallest absolute Gasteiger partial charge is 0.457 e. The van der Waals surface area contributed by atoms with Gasteiger partial charge in [0.2, 0.25) is 0 Å². The fourth-order valence-electron chi connectivity index (χ4n) is 3.09. The quantitative estimate of drug-likeness (QED) is 0.399. The molecule has 4 rings (SSSR count). The number of aromatic nitrogens is 1. The summed E-state index contributed by atoms with van der Waals surface area (Å²) >= 11 is 0. The number of carbonyl (C=O) groups excluding carboxylic acids is 2. The van der Waals surface area contributed by atoms with E-state index in [1.54, 1.807) is 56.7 Å². The molecule has 9 nitrogen and oxygen atoms in total. The first-order valence-corrected chi connectivity index (χ1v) is 10.2. The van der Waals surface area contributed by atoms with Gasteiger partial charge in [-0.15, -0.1) is 0 Å². The van der Waals surface area contributed by atoms with Crippen LogP contribution in [0, 0.1) is 0 Å². The number of rotatable bonds is 6. The number of benzene rings is 2. The Bertz CT molecular complexity index is 1220. The van der Waals surface area contributed by atoms with Crippen LogP contribution in [0.25, 0.3) is 0 Å². The van der Waals surface area contributed by atoms with Gasteiger partial charge in [-0.3, -0.25) is 15.2 Å². The van der Waals surface area contributed by atoms with Gasteiger partial charge in [0.25, 0.3) is 5.91 Å². The average molecular weight is 443 g/mol. The molecule has 0 saturated carbocycles. The molecule has 166 valence electrons. The predicted octanol–water partition coefficient (Wildman–Crippen LogP) is 3.65. The van der Waals surface area contributed by atoms with Crippen LogP contribution >= 0.6 is 0 Å². The maximum absolute atomic E-state index is 12.7. The van der Waals surface area contributed by atoms with Crippen molar-refractivity contribution in [3.8, 4) is 11.5 Å². The number of amides is 3. The van der Waals surface area contributed by atoms with Gasteiger partial charge in [0, 0.05) is 31.0 Å². The number of anilines is 1. The van der Waals surface area contributed by atoms with E-state index in [-0.39, 0.29) is 22.2 Å². The van der Waals surface area contributed by atoms with Crippen LogP contribution < -0.4 is 20.9 Å². The van der Waals surface area contributed by atoms with Crippen LogP contribution in [0.1, 0.15) is 16.1 Å². The maximum Gasteiger partial charge on any atom is 0.466 e. The van der Waals surface area contributed by atoms with Gasteiger partial charge in [-0.05, 0) is 30.3 Å². The molecule has 1 unspecified atom stereocenters. The molecule has 0 fully saturated rings. The zero-order chi connectivity index (χ0) is 23.3. The van der Waals surface area contributed by atoms with Crippen LogP contribution in [0.4, 0.5) is 10.5 Å². The second kappa shape index (κ2) is 9.33. The SMILES string of the molecule is CNC(=O)c1cc(Oc2ccc(NNC(=O)[N+]3(C)C=CC(c4ccccc4)=N3)cc2)ccn1. The lowest BCUT2D eigenvalue weighted by molar-refractivity contribution is -0.780. The van der Waals surface area contributed by atoms with Crippen molar-refractivity contribution in [3.05, 3.63) is 96.5 Å². The first-order valence-electron chi connectivity index (χ1n) is 10.2. The van der Waals surface area contributed by atoms with E-state index in [9.17, 15) is 9.59 Å². The third-order valence-electron chi connectivity index (χ3n) is 4.91. The standard InChI is InChI=1S/C24H22N6O3/c1-25-23(31)22-16-20(12-14-26-22)33-19-10-8-18(9-11-19)27-28-24(32)30(2)15-13-21(29-30)17-6-4-3-5-7-17/h3-16H,1-2H3,(H2-,25,26,27,28,31,32)/p+1. The Balaban J connectivity index is 1.35. The van der Waals surface area contributed by atoms with E-state index >= 15 is 0 Å². The van der Waals surface area contributed by atoms with Gasteiger partial charge in [0.1, 0.15) is 36.2 Å². The lowest BCUT2D eigenvalue weighted by Crippen LogP contribution is -2.47. The van der Waals surface area contributed by atoms with Gasteiger partial charge in [-0.2, -0.15) is 0 Å². The number of pyridine rings is 1. The average Bonchev–Trinajstić information content (AvgIpc) is 3.27. The van der Waals surface area contributed by atoms with Crippen molar-refractivity contribution in [2.24, 2.45) is 5.10 Å². The molecule has 0 bridgehead atoms. The lowest BCUT2D eigenvalue weighted by atomic mass is 10.1. The molecule has 1 aliphatic rings. The molecule has 2 aromatic carbocycles. The van der Waals surface area contributed by atoms with E-state index in [0.717, 1.165) is 11.3 Å². The maximum atomic E-state index is 12.7. The van der Waals surface area contributed by atoms with Gasteiger partial charge in [0.05, 0.1) is 5.69 Å². The fraction of sp³-hybridized carbons (Fsp3) is 0.0833. The Kier molecular flexibility index (Phi) is 6.14. The molecule has 0 spiro atoms. The summed E-state index contributed by atoms with van der Waals surface area (Å²) in [5, 5.41) is 7.05. The number of urea groups is 1. The molecular formula is C24H23N6O3+. The summed E-state index contributed by atoms with van der Waals surface area (Å²) < 4.78 is 5.52. The van der Waals surface area contributed by atoms with Crippen LogP contribution in [-0.2, 0) is 0 Å². The second-order valence-corrected chi connectivity index (χ2v) is 7.33. The molecule has 3 N–H and O–H groups in total. The minimum Gasteiger partial charge on any atom is -0.457 e. The van der Waals surface area contributed by atoms with Crippen molar-refractivity contribution < 1.29 is 18.9 Å². The highest BCUT2D eigenvalue weighted by atomic mass is 16.5. The minimum atomic E-state index is -0.337. The van der Waals surface area contributed by atoms with Crippen LogP contribution in [0.3, 0.4) is 0 Å². The number of nitrogens with one attached hydrogen (secondary N) is 3. The zero-order valence-electron chi connectivity index (χ0n) is 18.1. The number of hydrogen-bond donors (Lipinski definition) is 3. The largest absolute Gasteiger partial charge is 0.466 e. The Morgan fingerprint density at radius 3 is 2.45 bits per heavy atom. The molecule has 2 heterocycles. The molecule has 1 atom stereocenters. The normalized spacial score (nSPS) is 16.6. The molecule has 0 aliphatic carbocycles. The molecule has 9 heteroatoms. The number of ether oxygens (including phenoxy) is 1. The molecule has 33 heavy (non-hydrogen) atoms. The number of hydrazine groups is 1. The summed E-state index contributed by atoms with van der Waals surface area (Å²) in [6.45, 7) is 0. The Morgan fingerprint density at radius 2 is 1.73 bits per heavy atom. The summed E-state index contributed by atoms with van der Waals surface area (Å²) in [4.78, 5) is 28.4. The predicted molar refractivity (Wildman–Crippen MR) is 125 cm³/mol. The number of nitrogens with zero attached hydrogens (tertiary/aromatic N) is 3. The van der Waals surface area contributed by atoms with E-state index in [0.29, 0.717) is 17.2 Å². The Morgan fingerprint density at radius 1 is 0.970 bits per heavy atom. The number of quaternary nitrogens is 1. The van der Waals surface area contributed by atoms with E-state index < -0.39 is 0 Å². The lowest BCUT2D eigenvalue weighted by Gasteiger charge is -2.18. The van der Waals surface area contributed by atoms with Gasteiger partial charge in [-0.25, -0.2) is 10.2 Å². The van der Waals surface area contributed by atoms with Crippen LogP contribution in [0.15, 0.2) is 90.3 Å². The van der Waals surface area contributed by atoms with Crippen molar-refractivity contribution in [1.29, 1.82) is 0 Å². The number of carbonyl (C=O) groups is 2. The molecule has 3 amide bonds. The topological polar surface area (TPSA) is 105 Å². The van der Waals surface area contributed by atoms with Crippen molar-refractivity contribution in [2.45, 2.75) is 0 Å². The first-order chi connectivity index (χ1) is 16.0. The fourth-order valence-corrected chi connectivity index (χ4v) is 3.09. The van der Waals surface area contributed by atoms with Crippen molar-refractivity contribution in [2.75, 3.05) is 19.5 Å². The van der Waals surface area contributed by atoms with E-state index in [1.165, 1.54) is 6.20 Å². The highest BCUT2D eigenvalue weighted by molar-refractivity contribution is 6.09. The summed E-state index contributed by atoms with van der Waals surface area (Å²) in [5.74, 6) is 0.766. The molecule has 0 radical (unpaired) electrons. The number of hydrogen-bond acceptors (Lipinski definition) is 6. The Hall–Kier alpha value is -4.50. The first kappa shape index (κ1) is 21.7. The molecule has 1 aliphatic heterocycles. The molecule has 0 saturated heterocycles. The third kappa shape index (κ3) is 5.05. The van der Waals surface area contributed by atoms with E-state index in [1.807, 2.05) is 36.4 Å². The van der Waals surface area contributed by atoms with Crippen molar-refractivity contribution in [3.63, 3.8) is 0 Å².